The van der Waals surface area contributed by atoms with Crippen LogP contribution in [0.2, 0.25) is 0 Å². The predicted octanol–water partition coefficient (Wildman–Crippen LogP) is 1.08. The Balaban J connectivity index is 1.98. The highest BCUT2D eigenvalue weighted by molar-refractivity contribution is 7.89. The minimum Gasteiger partial charge on any atom is -0.353 e. The number of carbonyl (C=O) groups is 1. The summed E-state index contributed by atoms with van der Waals surface area (Å²) in [6, 6.07) is -0.869. The highest BCUT2D eigenvalue weighted by atomic mass is 32.2. The van der Waals surface area contributed by atoms with Gasteiger partial charge in [-0.05, 0) is 60.5 Å². The van der Waals surface area contributed by atoms with Gasteiger partial charge in [-0.25, -0.2) is 8.42 Å². The second-order valence-corrected chi connectivity index (χ2v) is 9.70. The summed E-state index contributed by atoms with van der Waals surface area (Å²) < 4.78 is 29.4. The van der Waals surface area contributed by atoms with Crippen LogP contribution in [0.5, 0.6) is 0 Å². The molecule has 0 saturated carbocycles. The van der Waals surface area contributed by atoms with Crippen molar-refractivity contribution in [1.82, 2.24) is 24.7 Å². The Hall–Kier alpha value is -1.45. The molecule has 154 valence electrons. The minimum absolute atomic E-state index is 0.137. The second kappa shape index (κ2) is 8.28. The molecule has 2 N–H and O–H groups in total. The van der Waals surface area contributed by atoms with Crippen LogP contribution in [0, 0.1) is 13.8 Å². The molecule has 0 spiro atoms. The Morgan fingerprint density at radius 2 is 1.81 bits per heavy atom. The monoisotopic (exact) mass is 399 g/mol. The topological polar surface area (TPSA) is 96.3 Å². The van der Waals surface area contributed by atoms with E-state index in [0.717, 1.165) is 13.1 Å². The summed E-state index contributed by atoms with van der Waals surface area (Å²) in [4.78, 5) is 15.0. The summed E-state index contributed by atoms with van der Waals surface area (Å²) in [5.74, 6) is -0.331. The van der Waals surface area contributed by atoms with Gasteiger partial charge in [0.15, 0.2) is 0 Å². The molecule has 1 fully saturated rings. The van der Waals surface area contributed by atoms with E-state index < -0.39 is 16.1 Å². The van der Waals surface area contributed by atoms with E-state index in [1.807, 2.05) is 0 Å². The highest BCUT2D eigenvalue weighted by Gasteiger charge is 2.31. The molecule has 8 nitrogen and oxygen atoms in total. The Kier molecular flexibility index (Phi) is 6.70. The van der Waals surface area contributed by atoms with Crippen molar-refractivity contribution < 1.29 is 13.2 Å². The third-order valence-electron chi connectivity index (χ3n) is 5.34. The van der Waals surface area contributed by atoms with Crippen molar-refractivity contribution in [3.05, 3.63) is 11.4 Å². The minimum atomic E-state index is -3.82. The van der Waals surface area contributed by atoms with Crippen molar-refractivity contribution >= 4 is 15.9 Å². The number of piperidine rings is 1. The van der Waals surface area contributed by atoms with Gasteiger partial charge in [-0.1, -0.05) is 6.42 Å². The van der Waals surface area contributed by atoms with E-state index in [0.29, 0.717) is 17.9 Å². The van der Waals surface area contributed by atoms with Crippen LogP contribution in [0.3, 0.4) is 0 Å². The quantitative estimate of drug-likeness (QED) is 0.715. The summed E-state index contributed by atoms with van der Waals surface area (Å²) in [6.45, 7) is 11.7. The normalized spacial score (nSPS) is 17.7. The van der Waals surface area contributed by atoms with E-state index in [2.05, 4.69) is 33.9 Å². The van der Waals surface area contributed by atoms with Gasteiger partial charge < -0.3 is 5.32 Å². The largest absolute Gasteiger partial charge is 0.353 e. The summed E-state index contributed by atoms with van der Waals surface area (Å²) >= 11 is 0. The SMILES string of the molecule is Cc1nn(C)c(C)c1S(=O)(=O)NC(C)C(=O)NCC(C)(C)N1CCCCC1. The zero-order valence-electron chi connectivity index (χ0n) is 17.3. The van der Waals surface area contributed by atoms with Crippen molar-refractivity contribution in [1.29, 1.82) is 0 Å². The first-order valence-electron chi connectivity index (χ1n) is 9.51. The fraction of sp³-hybridized carbons (Fsp3) is 0.778. The molecule has 0 bridgehead atoms. The number of nitrogens with one attached hydrogen (secondary N) is 2. The van der Waals surface area contributed by atoms with Crippen LogP contribution in [-0.2, 0) is 21.9 Å². The molecule has 27 heavy (non-hydrogen) atoms. The van der Waals surface area contributed by atoms with E-state index in [-0.39, 0.29) is 16.3 Å². The fourth-order valence-corrected chi connectivity index (χ4v) is 5.20. The maximum Gasteiger partial charge on any atom is 0.244 e. The number of amides is 1. The van der Waals surface area contributed by atoms with Gasteiger partial charge in [-0.15, -0.1) is 0 Å². The molecule has 2 heterocycles. The molecule has 1 saturated heterocycles. The van der Waals surface area contributed by atoms with Crippen molar-refractivity contribution in [3.8, 4) is 0 Å². The van der Waals surface area contributed by atoms with Gasteiger partial charge in [0.2, 0.25) is 15.9 Å². The van der Waals surface area contributed by atoms with Gasteiger partial charge in [0.1, 0.15) is 4.90 Å². The van der Waals surface area contributed by atoms with Crippen LogP contribution < -0.4 is 10.0 Å². The molecule has 0 radical (unpaired) electrons. The molecule has 1 aromatic rings. The average Bonchev–Trinajstić information content (AvgIpc) is 2.85. The number of rotatable bonds is 7. The van der Waals surface area contributed by atoms with Crippen molar-refractivity contribution in [2.75, 3.05) is 19.6 Å². The number of nitrogens with zero attached hydrogens (tertiary/aromatic N) is 3. The molecule has 1 aliphatic rings. The Bertz CT molecular complexity index is 779. The first-order chi connectivity index (χ1) is 12.5. The molecular formula is C18H33N5O3S. The molecule has 1 atom stereocenters. The zero-order valence-corrected chi connectivity index (χ0v) is 18.1. The first kappa shape index (κ1) is 21.8. The maximum atomic E-state index is 12.7. The first-order valence-corrected chi connectivity index (χ1v) is 11.0. The van der Waals surface area contributed by atoms with Crippen LogP contribution in [0.1, 0.15) is 51.4 Å². The Morgan fingerprint density at radius 3 is 2.33 bits per heavy atom. The van der Waals surface area contributed by atoms with Crippen LogP contribution in [-0.4, -0.2) is 60.2 Å². The van der Waals surface area contributed by atoms with Gasteiger partial charge >= 0.3 is 0 Å². The standard InChI is InChI=1S/C18H33N5O3S/c1-13-16(15(3)22(6)20-13)27(25,26)21-14(2)17(24)19-12-18(4,5)23-10-8-7-9-11-23/h14,21H,7-12H2,1-6H3,(H,19,24). The third-order valence-corrected chi connectivity index (χ3v) is 7.14. The van der Waals surface area contributed by atoms with Crippen molar-refractivity contribution in [2.24, 2.45) is 7.05 Å². The lowest BCUT2D eigenvalue weighted by Gasteiger charge is -2.41. The molecule has 1 unspecified atom stereocenters. The number of sulfonamides is 1. The van der Waals surface area contributed by atoms with Gasteiger partial charge in [0.05, 0.1) is 17.4 Å². The Morgan fingerprint density at radius 1 is 1.22 bits per heavy atom. The lowest BCUT2D eigenvalue weighted by Crippen LogP contribution is -2.55. The van der Waals surface area contributed by atoms with Gasteiger partial charge in [-0.2, -0.15) is 9.82 Å². The van der Waals surface area contributed by atoms with Crippen molar-refractivity contribution in [2.45, 2.75) is 70.4 Å². The smallest absolute Gasteiger partial charge is 0.244 e. The lowest BCUT2D eigenvalue weighted by molar-refractivity contribution is -0.123. The fourth-order valence-electron chi connectivity index (χ4n) is 3.56. The van der Waals surface area contributed by atoms with E-state index in [1.165, 1.54) is 23.9 Å². The van der Waals surface area contributed by atoms with Gasteiger partial charge in [-0.3, -0.25) is 14.4 Å². The molecule has 2 rings (SSSR count). The van der Waals surface area contributed by atoms with E-state index in [1.54, 1.807) is 27.8 Å². The van der Waals surface area contributed by atoms with Crippen LogP contribution >= 0.6 is 0 Å². The van der Waals surface area contributed by atoms with Crippen LogP contribution in [0.25, 0.3) is 0 Å². The summed E-state index contributed by atoms with van der Waals surface area (Å²) in [6.07, 6.45) is 3.61. The number of aryl methyl sites for hydroxylation is 2. The molecule has 0 aromatic carbocycles. The lowest BCUT2D eigenvalue weighted by atomic mass is 9.98. The number of hydrogen-bond acceptors (Lipinski definition) is 5. The summed E-state index contributed by atoms with van der Waals surface area (Å²) in [5, 5.41) is 7.04. The number of aromatic nitrogens is 2. The average molecular weight is 400 g/mol. The van der Waals surface area contributed by atoms with Crippen LogP contribution in [0.4, 0.5) is 0 Å². The summed E-state index contributed by atoms with van der Waals surface area (Å²) in [7, 11) is -2.13. The maximum absolute atomic E-state index is 12.7. The van der Waals surface area contributed by atoms with Crippen LogP contribution in [0.15, 0.2) is 4.90 Å². The molecule has 0 aliphatic carbocycles. The van der Waals surface area contributed by atoms with Gasteiger partial charge in [0, 0.05) is 19.1 Å². The number of carbonyl (C=O) groups excluding carboxylic acids is 1. The van der Waals surface area contributed by atoms with E-state index >= 15 is 0 Å². The molecule has 1 aliphatic heterocycles. The number of likely N-dealkylation sites (tertiary alicyclic amines) is 1. The van der Waals surface area contributed by atoms with E-state index in [9.17, 15) is 13.2 Å². The molecule has 9 heteroatoms. The third kappa shape index (κ3) is 5.08. The highest BCUT2D eigenvalue weighted by Crippen LogP contribution is 2.20. The molecular weight excluding hydrogens is 366 g/mol. The second-order valence-electron chi connectivity index (χ2n) is 8.04. The Labute approximate surface area is 162 Å². The zero-order chi connectivity index (χ0) is 20.4. The van der Waals surface area contributed by atoms with Crippen molar-refractivity contribution in [3.63, 3.8) is 0 Å². The molecule has 1 amide bonds. The molecule has 1 aromatic heterocycles. The summed E-state index contributed by atoms with van der Waals surface area (Å²) in [5.41, 5.74) is 0.797. The number of hydrogen-bond donors (Lipinski definition) is 2. The predicted molar refractivity (Wildman–Crippen MR) is 105 cm³/mol. The van der Waals surface area contributed by atoms with Gasteiger partial charge in [0.25, 0.3) is 0 Å². The van der Waals surface area contributed by atoms with E-state index in [4.69, 9.17) is 0 Å².